The van der Waals surface area contributed by atoms with Crippen molar-refractivity contribution < 1.29 is 9.90 Å². The number of benzene rings is 1. The van der Waals surface area contributed by atoms with Gasteiger partial charge in [-0.2, -0.15) is 0 Å². The molecule has 0 radical (unpaired) electrons. The van der Waals surface area contributed by atoms with Gasteiger partial charge in [0.15, 0.2) is 5.82 Å². The minimum absolute atomic E-state index is 0.0321. The summed E-state index contributed by atoms with van der Waals surface area (Å²) in [4.78, 5) is 26.4. The molecule has 0 saturated carbocycles. The van der Waals surface area contributed by atoms with Gasteiger partial charge in [0, 0.05) is 44.0 Å². The molecule has 4 rings (SSSR count). The fourth-order valence-electron chi connectivity index (χ4n) is 4.26. The lowest BCUT2D eigenvalue weighted by Gasteiger charge is -2.41. The third kappa shape index (κ3) is 4.08. The van der Waals surface area contributed by atoms with Crippen molar-refractivity contribution in [3.8, 4) is 11.4 Å². The predicted molar refractivity (Wildman–Crippen MR) is 108 cm³/mol. The molecule has 1 amide bonds. The van der Waals surface area contributed by atoms with Crippen LogP contribution in [0.15, 0.2) is 36.5 Å². The smallest absolute Gasteiger partial charge is 0.257 e. The number of rotatable bonds is 3. The molecule has 0 bridgehead atoms. The molecule has 2 saturated heterocycles. The van der Waals surface area contributed by atoms with E-state index in [1.165, 1.54) is 0 Å². The first-order valence-electron chi connectivity index (χ1n) is 10.2. The van der Waals surface area contributed by atoms with E-state index < -0.39 is 0 Å². The Balaban J connectivity index is 1.39. The van der Waals surface area contributed by atoms with Crippen LogP contribution in [0.5, 0.6) is 0 Å². The summed E-state index contributed by atoms with van der Waals surface area (Å²) in [5.74, 6) is 0.685. The summed E-state index contributed by atoms with van der Waals surface area (Å²) in [6.45, 7) is 5.35. The molecule has 2 fully saturated rings. The first kappa shape index (κ1) is 19.0. The molecule has 28 heavy (non-hydrogen) atoms. The molecule has 6 heteroatoms. The zero-order valence-electron chi connectivity index (χ0n) is 16.4. The molecular formula is C22H28N4O2. The van der Waals surface area contributed by atoms with E-state index in [4.69, 9.17) is 0 Å². The molecule has 0 spiro atoms. The average Bonchev–Trinajstić information content (AvgIpc) is 2.74. The highest BCUT2D eigenvalue weighted by Crippen LogP contribution is 2.23. The summed E-state index contributed by atoms with van der Waals surface area (Å²) in [6, 6.07) is 10.3. The zero-order chi connectivity index (χ0) is 19.5. The fraction of sp³-hybridized carbons (Fsp3) is 0.500. The second-order valence-corrected chi connectivity index (χ2v) is 7.85. The van der Waals surface area contributed by atoms with Crippen LogP contribution in [0, 0.1) is 6.92 Å². The van der Waals surface area contributed by atoms with Gasteiger partial charge in [0.25, 0.3) is 5.91 Å². The van der Waals surface area contributed by atoms with Crippen molar-refractivity contribution in [2.24, 2.45) is 0 Å². The van der Waals surface area contributed by atoms with Crippen LogP contribution in [0.2, 0.25) is 0 Å². The first-order valence-corrected chi connectivity index (χ1v) is 10.2. The van der Waals surface area contributed by atoms with Crippen LogP contribution in [0.3, 0.4) is 0 Å². The standard InChI is InChI=1S/C22H28N4O2/c1-16-20(15-23-21(24-16)17-5-3-2-4-6-17)22(28)26-11-7-18(8-12-26)25-13-9-19(27)10-14-25/h2-6,15,18-19,27H,7-14H2,1H3. The second kappa shape index (κ2) is 8.37. The average molecular weight is 380 g/mol. The van der Waals surface area contributed by atoms with Crippen molar-refractivity contribution in [2.45, 2.75) is 44.8 Å². The molecular weight excluding hydrogens is 352 g/mol. The van der Waals surface area contributed by atoms with Gasteiger partial charge >= 0.3 is 0 Å². The molecule has 2 aliphatic heterocycles. The number of aryl methyl sites for hydroxylation is 1. The molecule has 0 atom stereocenters. The molecule has 1 N–H and O–H groups in total. The quantitative estimate of drug-likeness (QED) is 0.886. The van der Waals surface area contributed by atoms with Gasteiger partial charge in [-0.15, -0.1) is 0 Å². The third-order valence-corrected chi connectivity index (χ3v) is 6.01. The fourth-order valence-corrected chi connectivity index (χ4v) is 4.26. The van der Waals surface area contributed by atoms with E-state index in [0.717, 1.165) is 63.1 Å². The van der Waals surface area contributed by atoms with Crippen LogP contribution < -0.4 is 0 Å². The number of amides is 1. The van der Waals surface area contributed by atoms with Crippen molar-refractivity contribution in [3.63, 3.8) is 0 Å². The Morgan fingerprint density at radius 1 is 1.04 bits per heavy atom. The minimum Gasteiger partial charge on any atom is -0.393 e. The van der Waals surface area contributed by atoms with Crippen molar-refractivity contribution in [3.05, 3.63) is 47.8 Å². The number of hydrogen-bond donors (Lipinski definition) is 1. The van der Waals surface area contributed by atoms with Crippen LogP contribution in [0.25, 0.3) is 11.4 Å². The number of aliphatic hydroxyl groups excluding tert-OH is 1. The lowest BCUT2D eigenvalue weighted by atomic mass is 9.98. The molecule has 3 heterocycles. The van der Waals surface area contributed by atoms with Crippen LogP contribution in [0.1, 0.15) is 41.7 Å². The van der Waals surface area contributed by atoms with Crippen molar-refractivity contribution in [2.75, 3.05) is 26.2 Å². The highest BCUT2D eigenvalue weighted by molar-refractivity contribution is 5.95. The van der Waals surface area contributed by atoms with Crippen LogP contribution in [-0.2, 0) is 0 Å². The van der Waals surface area contributed by atoms with E-state index in [0.29, 0.717) is 17.4 Å². The Hall–Kier alpha value is -2.31. The summed E-state index contributed by atoms with van der Waals surface area (Å²) in [6.07, 6.45) is 5.24. The Kier molecular flexibility index (Phi) is 5.69. The van der Waals surface area contributed by atoms with Crippen LogP contribution >= 0.6 is 0 Å². The monoisotopic (exact) mass is 380 g/mol. The third-order valence-electron chi connectivity index (χ3n) is 6.01. The summed E-state index contributed by atoms with van der Waals surface area (Å²) in [7, 11) is 0. The molecule has 1 aromatic carbocycles. The largest absolute Gasteiger partial charge is 0.393 e. The Labute approximate surface area is 166 Å². The van der Waals surface area contributed by atoms with Crippen molar-refractivity contribution in [1.82, 2.24) is 19.8 Å². The SMILES string of the molecule is Cc1nc(-c2ccccc2)ncc1C(=O)N1CCC(N2CCC(O)CC2)CC1. The molecule has 6 nitrogen and oxygen atoms in total. The summed E-state index contributed by atoms with van der Waals surface area (Å²) >= 11 is 0. The predicted octanol–water partition coefficient (Wildman–Crippen LogP) is 2.51. The highest BCUT2D eigenvalue weighted by atomic mass is 16.3. The van der Waals surface area contributed by atoms with E-state index in [-0.39, 0.29) is 12.0 Å². The maximum atomic E-state index is 13.0. The van der Waals surface area contributed by atoms with Crippen molar-refractivity contribution >= 4 is 5.91 Å². The number of likely N-dealkylation sites (tertiary alicyclic amines) is 2. The van der Waals surface area contributed by atoms with Gasteiger partial charge in [-0.05, 0) is 32.6 Å². The van der Waals surface area contributed by atoms with E-state index in [2.05, 4.69) is 14.9 Å². The summed E-state index contributed by atoms with van der Waals surface area (Å²) < 4.78 is 0. The molecule has 148 valence electrons. The Morgan fingerprint density at radius 3 is 2.36 bits per heavy atom. The topological polar surface area (TPSA) is 69.6 Å². The number of hydrogen-bond acceptors (Lipinski definition) is 5. The Bertz CT molecular complexity index is 811. The van der Waals surface area contributed by atoms with Gasteiger partial charge in [0.2, 0.25) is 0 Å². The van der Waals surface area contributed by atoms with E-state index in [1.54, 1.807) is 6.20 Å². The van der Waals surface area contributed by atoms with Crippen LogP contribution in [0.4, 0.5) is 0 Å². The lowest BCUT2D eigenvalue weighted by molar-refractivity contribution is 0.0356. The van der Waals surface area contributed by atoms with Crippen LogP contribution in [-0.4, -0.2) is 69.1 Å². The van der Waals surface area contributed by atoms with Gasteiger partial charge in [0.05, 0.1) is 17.4 Å². The number of piperidine rings is 2. The van der Waals surface area contributed by atoms with E-state index >= 15 is 0 Å². The second-order valence-electron chi connectivity index (χ2n) is 7.85. The molecule has 2 aromatic rings. The Morgan fingerprint density at radius 2 is 1.71 bits per heavy atom. The number of carbonyl (C=O) groups is 1. The normalized spacial score (nSPS) is 19.7. The first-order chi connectivity index (χ1) is 13.6. The molecule has 0 unspecified atom stereocenters. The number of aliphatic hydroxyl groups is 1. The van der Waals surface area contributed by atoms with Gasteiger partial charge in [-0.3, -0.25) is 4.79 Å². The number of carbonyl (C=O) groups excluding carboxylic acids is 1. The lowest BCUT2D eigenvalue weighted by Crippen LogP contribution is -2.49. The summed E-state index contributed by atoms with van der Waals surface area (Å²) in [5, 5.41) is 9.69. The van der Waals surface area contributed by atoms with Gasteiger partial charge in [-0.1, -0.05) is 30.3 Å². The number of aromatic nitrogens is 2. The molecule has 2 aliphatic rings. The maximum Gasteiger partial charge on any atom is 0.257 e. The van der Waals surface area contributed by atoms with E-state index in [1.807, 2.05) is 42.2 Å². The molecule has 1 aromatic heterocycles. The van der Waals surface area contributed by atoms with Crippen molar-refractivity contribution in [1.29, 1.82) is 0 Å². The maximum absolute atomic E-state index is 13.0. The van der Waals surface area contributed by atoms with Gasteiger partial charge < -0.3 is 14.9 Å². The summed E-state index contributed by atoms with van der Waals surface area (Å²) in [5.41, 5.74) is 2.28. The van der Waals surface area contributed by atoms with E-state index in [9.17, 15) is 9.90 Å². The zero-order valence-corrected chi connectivity index (χ0v) is 16.4. The minimum atomic E-state index is -0.139. The molecule has 0 aliphatic carbocycles. The van der Waals surface area contributed by atoms with Gasteiger partial charge in [0.1, 0.15) is 0 Å². The number of nitrogens with zero attached hydrogens (tertiary/aromatic N) is 4. The highest BCUT2D eigenvalue weighted by Gasteiger charge is 2.30. The van der Waals surface area contributed by atoms with Gasteiger partial charge in [-0.25, -0.2) is 9.97 Å².